The van der Waals surface area contributed by atoms with Gasteiger partial charge in [0, 0.05) is 25.8 Å². The maximum absolute atomic E-state index is 13.7. The summed E-state index contributed by atoms with van der Waals surface area (Å²) in [6.07, 6.45) is 3.21. The molecule has 0 amide bonds. The summed E-state index contributed by atoms with van der Waals surface area (Å²) in [6, 6.07) is 4.52. The summed E-state index contributed by atoms with van der Waals surface area (Å²) in [5.41, 5.74) is 0.724. The molecule has 0 bridgehead atoms. The fraction of sp³-hybridized carbons (Fsp3) is 0.500. The Kier molecular flexibility index (Phi) is 4.31. The summed E-state index contributed by atoms with van der Waals surface area (Å²) in [7, 11) is 1.77. The highest BCUT2D eigenvalue weighted by Crippen LogP contribution is 2.28. The van der Waals surface area contributed by atoms with Gasteiger partial charge in [0.05, 0.1) is 12.3 Å². The Bertz CT molecular complexity index is 418. The maximum atomic E-state index is 13.7. The largest absolute Gasteiger partial charge is 0.379 e. The van der Waals surface area contributed by atoms with Gasteiger partial charge in [-0.25, -0.2) is 4.39 Å². The second kappa shape index (κ2) is 5.96. The van der Waals surface area contributed by atoms with Crippen LogP contribution in [0.4, 0.5) is 10.1 Å². The van der Waals surface area contributed by atoms with Crippen molar-refractivity contribution in [3.05, 3.63) is 29.6 Å². The molecule has 0 N–H and O–H groups in total. The van der Waals surface area contributed by atoms with Crippen LogP contribution >= 0.6 is 0 Å². The number of ether oxygens (including phenoxy) is 1. The fourth-order valence-electron chi connectivity index (χ4n) is 1.88. The minimum absolute atomic E-state index is 0.350. The monoisotopic (exact) mass is 251 g/mol. The lowest BCUT2D eigenvalue weighted by molar-refractivity contribution is 0.112. The lowest BCUT2D eigenvalue weighted by Gasteiger charge is -2.21. The lowest BCUT2D eigenvalue weighted by atomic mass is 10.1. The number of carbonyl (C=O) groups is 1. The van der Waals surface area contributed by atoms with E-state index < -0.39 is 0 Å². The van der Waals surface area contributed by atoms with Crippen LogP contribution in [0.2, 0.25) is 0 Å². The van der Waals surface area contributed by atoms with Crippen molar-refractivity contribution >= 4 is 12.0 Å². The second-order valence-electron chi connectivity index (χ2n) is 4.74. The van der Waals surface area contributed by atoms with Crippen LogP contribution in [0.3, 0.4) is 0 Å². The van der Waals surface area contributed by atoms with Crippen molar-refractivity contribution in [1.29, 1.82) is 0 Å². The molecule has 1 aromatic rings. The van der Waals surface area contributed by atoms with Crippen LogP contribution in [0.25, 0.3) is 0 Å². The lowest BCUT2D eigenvalue weighted by Crippen LogP contribution is -2.25. The maximum Gasteiger partial charge on any atom is 0.152 e. The van der Waals surface area contributed by atoms with Gasteiger partial charge in [-0.3, -0.25) is 4.79 Å². The van der Waals surface area contributed by atoms with Crippen LogP contribution in [-0.4, -0.2) is 33.1 Å². The third kappa shape index (κ3) is 3.29. The van der Waals surface area contributed by atoms with E-state index in [1.165, 1.54) is 18.9 Å². The van der Waals surface area contributed by atoms with Crippen LogP contribution < -0.4 is 4.90 Å². The molecular weight excluding hydrogens is 233 g/mol. The molecule has 0 heterocycles. The average molecular weight is 251 g/mol. The zero-order valence-electron chi connectivity index (χ0n) is 10.6. The molecule has 0 unspecified atom stereocenters. The van der Waals surface area contributed by atoms with Crippen LogP contribution in [0.5, 0.6) is 0 Å². The van der Waals surface area contributed by atoms with Gasteiger partial charge in [-0.2, -0.15) is 0 Å². The number of carbonyl (C=O) groups excluding carboxylic acids is 1. The zero-order chi connectivity index (χ0) is 13.0. The average Bonchev–Trinajstić information content (AvgIpc) is 3.18. The van der Waals surface area contributed by atoms with E-state index in [1.54, 1.807) is 24.1 Å². The smallest absolute Gasteiger partial charge is 0.152 e. The molecule has 0 spiro atoms. The Morgan fingerprint density at radius 1 is 1.50 bits per heavy atom. The van der Waals surface area contributed by atoms with Crippen molar-refractivity contribution in [1.82, 2.24) is 0 Å². The van der Waals surface area contributed by atoms with E-state index in [4.69, 9.17) is 4.74 Å². The first-order valence-electron chi connectivity index (χ1n) is 6.25. The number of nitrogens with zero attached hydrogens (tertiary/aromatic N) is 1. The van der Waals surface area contributed by atoms with Gasteiger partial charge in [-0.1, -0.05) is 6.07 Å². The summed E-state index contributed by atoms with van der Waals surface area (Å²) in [5, 5.41) is 0. The molecule has 0 radical (unpaired) electrons. The van der Waals surface area contributed by atoms with Gasteiger partial charge in [0.2, 0.25) is 0 Å². The molecule has 1 fully saturated rings. The standard InChI is InChI=1S/C14H18FNO2/c1-16(7-8-18-10-11-5-6-11)14-12(9-17)3-2-4-13(14)15/h2-4,9,11H,5-8,10H2,1H3. The molecule has 1 aliphatic carbocycles. The van der Waals surface area contributed by atoms with E-state index in [0.29, 0.717) is 30.7 Å². The summed E-state index contributed by atoms with van der Waals surface area (Å²) < 4.78 is 19.2. The molecule has 0 aromatic heterocycles. The molecule has 98 valence electrons. The van der Waals surface area contributed by atoms with E-state index in [-0.39, 0.29) is 5.82 Å². The predicted molar refractivity (Wildman–Crippen MR) is 68.6 cm³/mol. The minimum atomic E-state index is -0.371. The number of rotatable bonds is 7. The first kappa shape index (κ1) is 13.0. The van der Waals surface area contributed by atoms with E-state index in [0.717, 1.165) is 12.5 Å². The quantitative estimate of drug-likeness (QED) is 0.551. The van der Waals surface area contributed by atoms with E-state index >= 15 is 0 Å². The molecule has 0 saturated heterocycles. The Hall–Kier alpha value is -1.42. The molecule has 3 nitrogen and oxygen atoms in total. The molecule has 4 heteroatoms. The molecule has 18 heavy (non-hydrogen) atoms. The van der Waals surface area contributed by atoms with Crippen molar-refractivity contribution in [2.75, 3.05) is 31.7 Å². The minimum Gasteiger partial charge on any atom is -0.379 e. The van der Waals surface area contributed by atoms with Crippen molar-refractivity contribution in [2.45, 2.75) is 12.8 Å². The number of halogens is 1. The van der Waals surface area contributed by atoms with Crippen molar-refractivity contribution < 1.29 is 13.9 Å². The van der Waals surface area contributed by atoms with Gasteiger partial charge < -0.3 is 9.64 Å². The Balaban J connectivity index is 1.90. The SMILES string of the molecule is CN(CCOCC1CC1)c1c(F)cccc1C=O. The van der Waals surface area contributed by atoms with Crippen molar-refractivity contribution in [2.24, 2.45) is 5.92 Å². The van der Waals surface area contributed by atoms with Crippen LogP contribution in [0.1, 0.15) is 23.2 Å². The summed E-state index contributed by atoms with van der Waals surface area (Å²) in [4.78, 5) is 12.6. The third-order valence-corrected chi connectivity index (χ3v) is 3.15. The number of benzene rings is 1. The van der Waals surface area contributed by atoms with Crippen molar-refractivity contribution in [3.63, 3.8) is 0 Å². The number of anilines is 1. The normalized spacial score (nSPS) is 14.6. The van der Waals surface area contributed by atoms with E-state index in [1.807, 2.05) is 0 Å². The number of hydrogen-bond donors (Lipinski definition) is 0. The highest BCUT2D eigenvalue weighted by atomic mass is 19.1. The van der Waals surface area contributed by atoms with Gasteiger partial charge in [-0.05, 0) is 30.9 Å². The van der Waals surface area contributed by atoms with Gasteiger partial charge in [0.15, 0.2) is 6.29 Å². The third-order valence-electron chi connectivity index (χ3n) is 3.15. The summed E-state index contributed by atoms with van der Waals surface area (Å²) >= 11 is 0. The number of aldehydes is 1. The van der Waals surface area contributed by atoms with Crippen LogP contribution in [-0.2, 0) is 4.74 Å². The van der Waals surface area contributed by atoms with Crippen molar-refractivity contribution in [3.8, 4) is 0 Å². The zero-order valence-corrected chi connectivity index (χ0v) is 10.6. The molecule has 2 rings (SSSR count). The first-order chi connectivity index (χ1) is 8.72. The van der Waals surface area contributed by atoms with Gasteiger partial charge in [-0.15, -0.1) is 0 Å². The Labute approximate surface area is 107 Å². The van der Waals surface area contributed by atoms with Crippen LogP contribution in [0, 0.1) is 11.7 Å². The molecular formula is C14H18FNO2. The van der Waals surface area contributed by atoms with E-state index in [2.05, 4.69) is 0 Å². The fourth-order valence-corrected chi connectivity index (χ4v) is 1.88. The molecule has 1 aliphatic rings. The van der Waals surface area contributed by atoms with Crippen LogP contribution in [0.15, 0.2) is 18.2 Å². The second-order valence-corrected chi connectivity index (χ2v) is 4.74. The highest BCUT2D eigenvalue weighted by molar-refractivity contribution is 5.84. The topological polar surface area (TPSA) is 29.5 Å². The summed E-state index contributed by atoms with van der Waals surface area (Å²) in [5.74, 6) is 0.360. The first-order valence-corrected chi connectivity index (χ1v) is 6.25. The van der Waals surface area contributed by atoms with Gasteiger partial charge in [0.25, 0.3) is 0 Å². The predicted octanol–water partition coefficient (Wildman–Crippen LogP) is 2.50. The number of para-hydroxylation sites is 1. The Morgan fingerprint density at radius 2 is 2.28 bits per heavy atom. The van der Waals surface area contributed by atoms with Gasteiger partial charge >= 0.3 is 0 Å². The molecule has 0 aliphatic heterocycles. The van der Waals surface area contributed by atoms with Gasteiger partial charge in [0.1, 0.15) is 5.82 Å². The molecule has 1 aromatic carbocycles. The summed E-state index contributed by atoms with van der Waals surface area (Å²) in [6.45, 7) is 1.93. The number of hydrogen-bond acceptors (Lipinski definition) is 3. The number of likely N-dealkylation sites (N-methyl/N-ethyl adjacent to an activating group) is 1. The Morgan fingerprint density at radius 3 is 2.94 bits per heavy atom. The molecule has 0 atom stereocenters. The van der Waals surface area contributed by atoms with E-state index in [9.17, 15) is 9.18 Å². The highest BCUT2D eigenvalue weighted by Gasteiger charge is 2.21. The molecule has 1 saturated carbocycles.